The Kier molecular flexibility index (Phi) is 8.60. The minimum absolute atomic E-state index is 0.525. The quantitative estimate of drug-likeness (QED) is 0.818. The van der Waals surface area contributed by atoms with Crippen molar-refractivity contribution in [2.24, 2.45) is 5.92 Å². The first-order valence-corrected chi connectivity index (χ1v) is 7.65. The van der Waals surface area contributed by atoms with E-state index in [0.29, 0.717) is 5.46 Å². The molecule has 2 N–H and O–H groups in total. The topological polar surface area (TPSA) is 40.5 Å². The molecule has 0 unspecified atom stereocenters. The lowest BCUT2D eigenvalue weighted by Gasteiger charge is -2.20. The minimum atomic E-state index is -1.34. The lowest BCUT2D eigenvalue weighted by Crippen LogP contribution is -2.29. The van der Waals surface area contributed by atoms with Gasteiger partial charge in [0.15, 0.2) is 0 Å². The summed E-state index contributed by atoms with van der Waals surface area (Å²) in [5.74, 6) is 1.11. The largest absolute Gasteiger partial charge is 0.488 e. The second kappa shape index (κ2) is 10.0. The maximum atomic E-state index is 8.58. The smallest absolute Gasteiger partial charge is 0.423 e. The van der Waals surface area contributed by atoms with Crippen molar-refractivity contribution < 1.29 is 10.0 Å². The van der Waals surface area contributed by atoms with Crippen LogP contribution in [0, 0.1) is 5.92 Å². The van der Waals surface area contributed by atoms with Gasteiger partial charge in [-0.25, -0.2) is 0 Å². The minimum Gasteiger partial charge on any atom is -0.423 e. The van der Waals surface area contributed by atoms with Gasteiger partial charge >= 0.3 is 7.12 Å². The molecular weight excluding hydrogens is 235 g/mol. The maximum Gasteiger partial charge on any atom is 0.488 e. The van der Waals surface area contributed by atoms with Gasteiger partial charge in [-0.15, -0.1) is 0 Å². The Hall–Kier alpha value is -0.795. The van der Waals surface area contributed by atoms with Crippen molar-refractivity contribution in [3.63, 3.8) is 0 Å². The van der Waals surface area contributed by atoms with E-state index < -0.39 is 7.12 Å². The first kappa shape index (κ1) is 16.3. The van der Waals surface area contributed by atoms with Crippen LogP contribution < -0.4 is 5.46 Å². The van der Waals surface area contributed by atoms with Crippen LogP contribution in [-0.2, 0) is 0 Å². The Labute approximate surface area is 118 Å². The molecule has 0 spiro atoms. The van der Waals surface area contributed by atoms with E-state index in [1.165, 1.54) is 51.4 Å². The van der Waals surface area contributed by atoms with Gasteiger partial charge in [0.05, 0.1) is 0 Å². The summed E-state index contributed by atoms with van der Waals surface area (Å²) >= 11 is 0. The van der Waals surface area contributed by atoms with Crippen LogP contribution >= 0.6 is 0 Å². The molecule has 1 aromatic carbocycles. The fraction of sp³-hybridized carbons (Fsp3) is 0.625. The molecule has 0 radical (unpaired) electrons. The summed E-state index contributed by atoms with van der Waals surface area (Å²) in [6, 6.07) is 8.66. The van der Waals surface area contributed by atoms with Crippen molar-refractivity contribution in [3.05, 3.63) is 30.3 Å². The van der Waals surface area contributed by atoms with Gasteiger partial charge in [-0.2, -0.15) is 0 Å². The summed E-state index contributed by atoms with van der Waals surface area (Å²) in [4.78, 5) is 0. The molecule has 0 aromatic heterocycles. The normalized spacial score (nSPS) is 15.5. The van der Waals surface area contributed by atoms with Crippen LogP contribution in [0.3, 0.4) is 0 Å². The highest BCUT2D eigenvalue weighted by molar-refractivity contribution is 6.58. The van der Waals surface area contributed by atoms with Crippen LogP contribution in [0.15, 0.2) is 30.3 Å². The Morgan fingerprint density at radius 1 is 1.05 bits per heavy atom. The average Bonchev–Trinajstić information content (AvgIpc) is 2.48. The van der Waals surface area contributed by atoms with E-state index in [2.05, 4.69) is 6.92 Å². The average molecular weight is 262 g/mol. The number of hydrogen-bond donors (Lipinski definition) is 2. The highest BCUT2D eigenvalue weighted by atomic mass is 16.4. The molecule has 19 heavy (non-hydrogen) atoms. The SMILES string of the molecule is CCCCC1CCCCC1.OB(O)c1ccccc1. The molecule has 0 atom stereocenters. The molecule has 0 amide bonds. The van der Waals surface area contributed by atoms with Crippen molar-refractivity contribution in [3.8, 4) is 0 Å². The molecule has 106 valence electrons. The van der Waals surface area contributed by atoms with Crippen molar-refractivity contribution in [2.45, 2.75) is 58.3 Å². The summed E-state index contributed by atoms with van der Waals surface area (Å²) in [6.07, 6.45) is 11.9. The van der Waals surface area contributed by atoms with Crippen molar-refractivity contribution in [1.29, 1.82) is 0 Å². The maximum absolute atomic E-state index is 8.58. The van der Waals surface area contributed by atoms with Gasteiger partial charge in [-0.1, -0.05) is 88.6 Å². The predicted molar refractivity (Wildman–Crippen MR) is 82.4 cm³/mol. The first-order valence-electron chi connectivity index (χ1n) is 7.65. The van der Waals surface area contributed by atoms with Gasteiger partial charge in [0, 0.05) is 0 Å². The van der Waals surface area contributed by atoms with Gasteiger partial charge < -0.3 is 10.0 Å². The van der Waals surface area contributed by atoms with Crippen LogP contribution in [0.5, 0.6) is 0 Å². The Balaban J connectivity index is 0.000000191. The van der Waals surface area contributed by atoms with E-state index in [1.54, 1.807) is 24.3 Å². The van der Waals surface area contributed by atoms with Crippen molar-refractivity contribution >= 4 is 12.6 Å². The van der Waals surface area contributed by atoms with Gasteiger partial charge in [0.1, 0.15) is 0 Å². The standard InChI is InChI=1S/C10H20.C6H7BO2/c1-2-3-7-10-8-5-4-6-9-10;8-7(9)6-4-2-1-3-5-6/h10H,2-9H2,1H3;1-5,8-9H. The zero-order valence-electron chi connectivity index (χ0n) is 12.1. The summed E-state index contributed by atoms with van der Waals surface area (Å²) in [6.45, 7) is 2.29. The highest BCUT2D eigenvalue weighted by Gasteiger charge is 2.11. The fourth-order valence-electron chi connectivity index (χ4n) is 2.59. The molecule has 1 aliphatic rings. The van der Waals surface area contributed by atoms with E-state index in [9.17, 15) is 0 Å². The van der Waals surface area contributed by atoms with Crippen molar-refractivity contribution in [1.82, 2.24) is 0 Å². The number of rotatable bonds is 4. The zero-order valence-corrected chi connectivity index (χ0v) is 12.1. The third-order valence-corrected chi connectivity index (χ3v) is 3.79. The van der Waals surface area contributed by atoms with Crippen LogP contribution in [0.25, 0.3) is 0 Å². The van der Waals surface area contributed by atoms with Crippen LogP contribution in [0.2, 0.25) is 0 Å². The molecule has 2 nitrogen and oxygen atoms in total. The molecule has 0 bridgehead atoms. The second-order valence-electron chi connectivity index (χ2n) is 5.43. The monoisotopic (exact) mass is 262 g/mol. The third kappa shape index (κ3) is 7.39. The predicted octanol–water partition coefficient (Wildman–Crippen LogP) is 3.12. The molecule has 0 aliphatic heterocycles. The number of benzene rings is 1. The molecular formula is C16H27BO2. The van der Waals surface area contributed by atoms with Gasteiger partial charge in [0.25, 0.3) is 0 Å². The summed E-state index contributed by atoms with van der Waals surface area (Å²) < 4.78 is 0. The molecule has 1 fully saturated rings. The molecule has 1 aromatic rings. The fourth-order valence-corrected chi connectivity index (χ4v) is 2.59. The van der Waals surface area contributed by atoms with Gasteiger partial charge in [0.2, 0.25) is 0 Å². The lowest BCUT2D eigenvalue weighted by molar-refractivity contribution is 0.331. The molecule has 2 rings (SSSR count). The number of unbranched alkanes of at least 4 members (excludes halogenated alkanes) is 1. The van der Waals surface area contributed by atoms with Crippen molar-refractivity contribution in [2.75, 3.05) is 0 Å². The van der Waals surface area contributed by atoms with E-state index in [-0.39, 0.29) is 0 Å². The summed E-state index contributed by atoms with van der Waals surface area (Å²) in [5.41, 5.74) is 0.525. The van der Waals surface area contributed by atoms with E-state index in [0.717, 1.165) is 5.92 Å². The molecule has 0 saturated heterocycles. The van der Waals surface area contributed by atoms with Gasteiger partial charge in [-0.05, 0) is 11.4 Å². The van der Waals surface area contributed by atoms with Crippen LogP contribution in [0.1, 0.15) is 58.3 Å². The Morgan fingerprint density at radius 3 is 2.16 bits per heavy atom. The molecule has 1 aliphatic carbocycles. The van der Waals surface area contributed by atoms with Gasteiger partial charge in [-0.3, -0.25) is 0 Å². The van der Waals surface area contributed by atoms with E-state index in [1.807, 2.05) is 6.07 Å². The Bertz CT molecular complexity index is 308. The van der Waals surface area contributed by atoms with E-state index >= 15 is 0 Å². The van der Waals surface area contributed by atoms with Crippen LogP contribution in [-0.4, -0.2) is 17.2 Å². The first-order chi connectivity index (χ1) is 9.24. The van der Waals surface area contributed by atoms with E-state index in [4.69, 9.17) is 10.0 Å². The zero-order chi connectivity index (χ0) is 13.9. The van der Waals surface area contributed by atoms with Crippen LogP contribution in [0.4, 0.5) is 0 Å². The number of hydrogen-bond acceptors (Lipinski definition) is 2. The summed E-state index contributed by atoms with van der Waals surface area (Å²) in [5, 5.41) is 17.2. The Morgan fingerprint density at radius 2 is 1.68 bits per heavy atom. The third-order valence-electron chi connectivity index (χ3n) is 3.79. The molecule has 3 heteroatoms. The molecule has 1 saturated carbocycles. The second-order valence-corrected chi connectivity index (χ2v) is 5.43. The molecule has 0 heterocycles. The lowest BCUT2D eigenvalue weighted by atomic mass is 9.81. The summed E-state index contributed by atoms with van der Waals surface area (Å²) in [7, 11) is -1.34. The highest BCUT2D eigenvalue weighted by Crippen LogP contribution is 2.27.